The molecule has 0 radical (unpaired) electrons. The third-order valence-electron chi connectivity index (χ3n) is 4.98. The van der Waals surface area contributed by atoms with E-state index in [-0.39, 0.29) is 6.03 Å². The highest BCUT2D eigenvalue weighted by molar-refractivity contribution is 7.09. The van der Waals surface area contributed by atoms with Crippen LogP contribution in [0.1, 0.15) is 36.6 Å². The second kappa shape index (κ2) is 7.45. The average Bonchev–Trinajstić information content (AvgIpc) is 3.33. The first-order valence-corrected chi connectivity index (χ1v) is 10.0. The molecule has 1 aliphatic heterocycles. The van der Waals surface area contributed by atoms with Crippen LogP contribution in [-0.4, -0.2) is 38.6 Å². The van der Waals surface area contributed by atoms with Crippen LogP contribution in [0.3, 0.4) is 0 Å². The van der Waals surface area contributed by atoms with Crippen LogP contribution < -0.4 is 5.32 Å². The van der Waals surface area contributed by atoms with Gasteiger partial charge in [-0.2, -0.15) is 0 Å². The van der Waals surface area contributed by atoms with Gasteiger partial charge in [0.25, 0.3) is 0 Å². The maximum Gasteiger partial charge on any atom is 0.317 e. The number of aromatic nitrogens is 3. The molecular formula is C19H23N5OS. The highest BCUT2D eigenvalue weighted by Gasteiger charge is 2.26. The number of carbonyl (C=O) groups is 1. The fraction of sp³-hybridized carbons (Fsp3) is 0.421. The Morgan fingerprint density at radius 3 is 2.85 bits per heavy atom. The lowest BCUT2D eigenvalue weighted by atomic mass is 10.0. The lowest BCUT2D eigenvalue weighted by molar-refractivity contribution is 0.171. The molecule has 26 heavy (non-hydrogen) atoms. The van der Waals surface area contributed by atoms with Crippen molar-refractivity contribution >= 4 is 28.4 Å². The van der Waals surface area contributed by atoms with Gasteiger partial charge in [0.05, 0.1) is 17.6 Å². The second-order valence-electron chi connectivity index (χ2n) is 6.54. The molecule has 0 bridgehead atoms. The number of fused-ring (bicyclic) bond motifs is 1. The number of aryl methyl sites for hydroxylation is 1. The first-order valence-electron chi connectivity index (χ1n) is 9.13. The van der Waals surface area contributed by atoms with Gasteiger partial charge in [0.1, 0.15) is 10.8 Å². The van der Waals surface area contributed by atoms with E-state index in [1.165, 1.54) is 5.52 Å². The van der Waals surface area contributed by atoms with Gasteiger partial charge in [0.15, 0.2) is 0 Å². The molecule has 0 saturated carbocycles. The molecule has 3 heterocycles. The standard InChI is InChI=1S/C19H23N5OS/c1-2-17-22-15-5-3-4-6-16(15)24(17)14-7-10-23(11-8-14)19(25)21-13-18-20-9-12-26-18/h3-6,9,12,14H,2,7-8,10-11,13H2,1H3,(H,21,25). The molecule has 1 aromatic carbocycles. The molecule has 2 aromatic heterocycles. The highest BCUT2D eigenvalue weighted by Crippen LogP contribution is 2.29. The van der Waals surface area contributed by atoms with Gasteiger partial charge < -0.3 is 14.8 Å². The number of piperidine rings is 1. The highest BCUT2D eigenvalue weighted by atomic mass is 32.1. The predicted molar refractivity (Wildman–Crippen MR) is 103 cm³/mol. The zero-order chi connectivity index (χ0) is 17.9. The van der Waals surface area contributed by atoms with Crippen LogP contribution in [0.2, 0.25) is 0 Å². The number of carbonyl (C=O) groups excluding carboxylic acids is 1. The van der Waals surface area contributed by atoms with Crippen LogP contribution in [0.25, 0.3) is 11.0 Å². The van der Waals surface area contributed by atoms with Crippen molar-refractivity contribution in [3.63, 3.8) is 0 Å². The van der Waals surface area contributed by atoms with E-state index in [2.05, 4.69) is 40.0 Å². The predicted octanol–water partition coefficient (Wildman–Crippen LogP) is 3.60. The van der Waals surface area contributed by atoms with Crippen LogP contribution in [-0.2, 0) is 13.0 Å². The summed E-state index contributed by atoms with van der Waals surface area (Å²) in [4.78, 5) is 23.3. The van der Waals surface area contributed by atoms with Crippen molar-refractivity contribution < 1.29 is 4.79 Å². The van der Waals surface area contributed by atoms with E-state index in [1.54, 1.807) is 17.5 Å². The lowest BCUT2D eigenvalue weighted by Crippen LogP contribution is -2.44. The maximum atomic E-state index is 12.4. The number of urea groups is 1. The number of imidazole rings is 1. The molecule has 1 N–H and O–H groups in total. The van der Waals surface area contributed by atoms with Crippen molar-refractivity contribution in [3.05, 3.63) is 46.7 Å². The number of amides is 2. The number of benzene rings is 1. The number of thiazole rings is 1. The molecule has 0 unspecified atom stereocenters. The second-order valence-corrected chi connectivity index (χ2v) is 7.52. The summed E-state index contributed by atoms with van der Waals surface area (Å²) in [5.74, 6) is 1.14. The number of para-hydroxylation sites is 2. The number of rotatable bonds is 4. The van der Waals surface area contributed by atoms with Gasteiger partial charge in [-0.15, -0.1) is 11.3 Å². The zero-order valence-electron chi connectivity index (χ0n) is 14.9. The van der Waals surface area contributed by atoms with Gasteiger partial charge in [0, 0.05) is 37.1 Å². The molecule has 0 spiro atoms. The summed E-state index contributed by atoms with van der Waals surface area (Å²) in [6, 6.07) is 8.74. The third kappa shape index (κ3) is 3.31. The topological polar surface area (TPSA) is 63.1 Å². The first kappa shape index (κ1) is 17.0. The van der Waals surface area contributed by atoms with E-state index in [4.69, 9.17) is 4.98 Å². The van der Waals surface area contributed by atoms with Crippen molar-refractivity contribution in [1.29, 1.82) is 0 Å². The lowest BCUT2D eigenvalue weighted by Gasteiger charge is -2.33. The van der Waals surface area contributed by atoms with E-state index in [0.717, 1.165) is 48.7 Å². The van der Waals surface area contributed by atoms with Crippen LogP contribution in [0.5, 0.6) is 0 Å². The fourth-order valence-electron chi connectivity index (χ4n) is 3.68. The minimum absolute atomic E-state index is 0.00449. The summed E-state index contributed by atoms with van der Waals surface area (Å²) in [6.45, 7) is 4.19. The Labute approximate surface area is 156 Å². The normalized spacial score (nSPS) is 15.5. The zero-order valence-corrected chi connectivity index (χ0v) is 15.7. The molecule has 7 heteroatoms. The van der Waals surface area contributed by atoms with Crippen molar-refractivity contribution in [3.8, 4) is 0 Å². The average molecular weight is 369 g/mol. The van der Waals surface area contributed by atoms with Crippen molar-refractivity contribution in [2.75, 3.05) is 13.1 Å². The Hall–Kier alpha value is -2.41. The minimum Gasteiger partial charge on any atom is -0.331 e. The maximum absolute atomic E-state index is 12.4. The monoisotopic (exact) mass is 369 g/mol. The van der Waals surface area contributed by atoms with E-state index in [0.29, 0.717) is 12.6 Å². The number of likely N-dealkylation sites (tertiary alicyclic amines) is 1. The number of hydrogen-bond donors (Lipinski definition) is 1. The smallest absolute Gasteiger partial charge is 0.317 e. The molecule has 1 fully saturated rings. The molecule has 1 saturated heterocycles. The Morgan fingerprint density at radius 1 is 1.31 bits per heavy atom. The molecule has 6 nitrogen and oxygen atoms in total. The molecule has 0 aliphatic carbocycles. The first-order chi connectivity index (χ1) is 12.8. The Kier molecular flexibility index (Phi) is 4.88. The quantitative estimate of drug-likeness (QED) is 0.764. The van der Waals surface area contributed by atoms with E-state index >= 15 is 0 Å². The van der Waals surface area contributed by atoms with Gasteiger partial charge in [0.2, 0.25) is 0 Å². The summed E-state index contributed by atoms with van der Waals surface area (Å²) in [6.07, 6.45) is 4.59. The van der Waals surface area contributed by atoms with Gasteiger partial charge in [-0.05, 0) is 25.0 Å². The Balaban J connectivity index is 1.41. The van der Waals surface area contributed by atoms with Crippen molar-refractivity contribution in [2.45, 2.75) is 38.8 Å². The summed E-state index contributed by atoms with van der Waals surface area (Å²) < 4.78 is 2.39. The number of nitrogens with zero attached hydrogens (tertiary/aromatic N) is 4. The van der Waals surface area contributed by atoms with Crippen LogP contribution in [0, 0.1) is 0 Å². The molecule has 136 valence electrons. The van der Waals surface area contributed by atoms with Crippen LogP contribution in [0.15, 0.2) is 35.8 Å². The van der Waals surface area contributed by atoms with E-state index in [9.17, 15) is 4.79 Å². The SMILES string of the molecule is CCc1nc2ccccc2n1C1CCN(C(=O)NCc2nccs2)CC1. The Morgan fingerprint density at radius 2 is 2.12 bits per heavy atom. The molecule has 1 aliphatic rings. The molecule has 3 aromatic rings. The molecular weight excluding hydrogens is 346 g/mol. The Bertz CT molecular complexity index is 881. The molecule has 2 amide bonds. The van der Waals surface area contributed by atoms with Crippen LogP contribution in [0.4, 0.5) is 4.79 Å². The summed E-state index contributed by atoms with van der Waals surface area (Å²) in [5, 5.41) is 5.83. The largest absolute Gasteiger partial charge is 0.331 e. The molecule has 4 rings (SSSR count). The van der Waals surface area contributed by atoms with Gasteiger partial charge >= 0.3 is 6.03 Å². The minimum atomic E-state index is 0.00449. The van der Waals surface area contributed by atoms with E-state index < -0.39 is 0 Å². The summed E-state index contributed by atoms with van der Waals surface area (Å²) >= 11 is 1.56. The molecule has 0 atom stereocenters. The summed E-state index contributed by atoms with van der Waals surface area (Å²) in [7, 11) is 0. The number of hydrogen-bond acceptors (Lipinski definition) is 4. The van der Waals surface area contributed by atoms with Gasteiger partial charge in [-0.1, -0.05) is 19.1 Å². The van der Waals surface area contributed by atoms with Crippen LogP contribution >= 0.6 is 11.3 Å². The van der Waals surface area contributed by atoms with Crippen molar-refractivity contribution in [2.24, 2.45) is 0 Å². The number of nitrogens with one attached hydrogen (secondary N) is 1. The van der Waals surface area contributed by atoms with Crippen molar-refractivity contribution in [1.82, 2.24) is 24.8 Å². The fourth-order valence-corrected chi connectivity index (χ4v) is 4.24. The van der Waals surface area contributed by atoms with Gasteiger partial charge in [-0.25, -0.2) is 14.8 Å². The van der Waals surface area contributed by atoms with Gasteiger partial charge in [-0.3, -0.25) is 0 Å². The summed E-state index contributed by atoms with van der Waals surface area (Å²) in [5.41, 5.74) is 2.27. The van der Waals surface area contributed by atoms with E-state index in [1.807, 2.05) is 16.3 Å². The third-order valence-corrected chi connectivity index (χ3v) is 5.76.